The van der Waals surface area contributed by atoms with Crippen LogP contribution in [0.4, 0.5) is 0 Å². The van der Waals surface area contributed by atoms with E-state index in [1.54, 1.807) is 0 Å². The van der Waals surface area contributed by atoms with E-state index in [4.69, 9.17) is 4.74 Å². The molecule has 0 radical (unpaired) electrons. The zero-order valence-corrected chi connectivity index (χ0v) is 8.80. The van der Waals surface area contributed by atoms with Crippen LogP contribution in [0.2, 0.25) is 0 Å². The molecule has 0 atom stereocenters. The van der Waals surface area contributed by atoms with Gasteiger partial charge in [0.25, 0.3) is 0 Å². The minimum Gasteiger partial charge on any atom is -0.461 e. The minimum absolute atomic E-state index is 0.300. The van der Waals surface area contributed by atoms with Crippen LogP contribution in [0.25, 0.3) is 0 Å². The number of carbonyl (C=O) groups is 1. The predicted octanol–water partition coefficient (Wildman–Crippen LogP) is 1.80. The summed E-state index contributed by atoms with van der Waals surface area (Å²) in [6.07, 6.45) is 0.845. The van der Waals surface area contributed by atoms with E-state index in [0.29, 0.717) is 12.3 Å². The zero-order valence-electron chi connectivity index (χ0n) is 8.80. The number of hydrogen-bond donors (Lipinski definition) is 0. The second-order valence-corrected chi connectivity index (χ2v) is 2.75. The van der Waals surface area contributed by atoms with E-state index in [0.717, 1.165) is 19.5 Å². The molecule has 0 fully saturated rings. The van der Waals surface area contributed by atoms with E-state index < -0.39 is 0 Å². The number of ether oxygens (including phenoxy) is 1. The van der Waals surface area contributed by atoms with Crippen molar-refractivity contribution in [2.45, 2.75) is 27.2 Å². The number of carbonyl (C=O) groups excluding carboxylic acids is 1. The maximum atomic E-state index is 11.3. The molecule has 0 saturated heterocycles. The lowest BCUT2D eigenvalue weighted by Crippen LogP contribution is -2.27. The average Bonchev–Trinajstić information content (AvgIpc) is 2.15. The van der Waals surface area contributed by atoms with Crippen molar-refractivity contribution in [2.24, 2.45) is 0 Å². The highest BCUT2D eigenvalue weighted by atomic mass is 16.5. The molecule has 0 N–H and O–H groups in total. The maximum absolute atomic E-state index is 11.3. The SMILES string of the molecule is C=C(C(=O)OCCC)N(CC)CC. The minimum atomic E-state index is -0.300. The first-order valence-corrected chi connectivity index (χ1v) is 4.78. The van der Waals surface area contributed by atoms with Crippen molar-refractivity contribution >= 4 is 5.97 Å². The molecule has 0 aromatic carbocycles. The van der Waals surface area contributed by atoms with Gasteiger partial charge in [0.15, 0.2) is 0 Å². The van der Waals surface area contributed by atoms with Gasteiger partial charge in [-0.15, -0.1) is 0 Å². The van der Waals surface area contributed by atoms with E-state index >= 15 is 0 Å². The fourth-order valence-corrected chi connectivity index (χ4v) is 1.01. The molecule has 3 nitrogen and oxygen atoms in total. The fourth-order valence-electron chi connectivity index (χ4n) is 1.01. The number of nitrogens with zero attached hydrogens (tertiary/aromatic N) is 1. The molecule has 0 aromatic rings. The smallest absolute Gasteiger partial charge is 0.353 e. The highest BCUT2D eigenvalue weighted by Crippen LogP contribution is 2.03. The van der Waals surface area contributed by atoms with Gasteiger partial charge >= 0.3 is 5.97 Å². The molecule has 0 amide bonds. The van der Waals surface area contributed by atoms with Crippen LogP contribution >= 0.6 is 0 Å². The third-order valence-corrected chi connectivity index (χ3v) is 1.82. The van der Waals surface area contributed by atoms with E-state index in [1.165, 1.54) is 0 Å². The summed E-state index contributed by atoms with van der Waals surface area (Å²) >= 11 is 0. The number of likely N-dealkylation sites (N-methyl/N-ethyl adjacent to an activating group) is 1. The predicted molar refractivity (Wildman–Crippen MR) is 53.3 cm³/mol. The molecule has 3 heteroatoms. The zero-order chi connectivity index (χ0) is 10.3. The summed E-state index contributed by atoms with van der Waals surface area (Å²) in [7, 11) is 0. The van der Waals surface area contributed by atoms with Gasteiger partial charge in [-0.1, -0.05) is 13.5 Å². The molecule has 76 valence electrons. The summed E-state index contributed by atoms with van der Waals surface area (Å²) in [5.74, 6) is -0.300. The van der Waals surface area contributed by atoms with Gasteiger partial charge in [-0.05, 0) is 20.3 Å². The van der Waals surface area contributed by atoms with Crippen molar-refractivity contribution in [1.29, 1.82) is 0 Å². The maximum Gasteiger partial charge on any atom is 0.353 e. The highest BCUT2D eigenvalue weighted by molar-refractivity contribution is 5.87. The Hall–Kier alpha value is -0.990. The lowest BCUT2D eigenvalue weighted by Gasteiger charge is -2.21. The van der Waals surface area contributed by atoms with Crippen LogP contribution in [0.1, 0.15) is 27.2 Å². The molecule has 0 unspecified atom stereocenters. The average molecular weight is 185 g/mol. The van der Waals surface area contributed by atoms with Gasteiger partial charge in [0.05, 0.1) is 6.61 Å². The molecule has 0 aliphatic heterocycles. The van der Waals surface area contributed by atoms with Gasteiger partial charge in [-0.2, -0.15) is 0 Å². The number of rotatable bonds is 6. The van der Waals surface area contributed by atoms with Crippen LogP contribution in [0.15, 0.2) is 12.3 Å². The summed E-state index contributed by atoms with van der Waals surface area (Å²) in [5, 5.41) is 0. The third-order valence-electron chi connectivity index (χ3n) is 1.82. The topological polar surface area (TPSA) is 29.5 Å². The van der Waals surface area contributed by atoms with E-state index in [2.05, 4.69) is 6.58 Å². The Morgan fingerprint density at radius 3 is 2.23 bits per heavy atom. The molecule has 0 aliphatic rings. The molecule has 0 bridgehead atoms. The summed E-state index contributed by atoms with van der Waals surface area (Å²) in [5.41, 5.74) is 0.457. The van der Waals surface area contributed by atoms with Gasteiger partial charge in [0.2, 0.25) is 0 Å². The molecular weight excluding hydrogens is 166 g/mol. The summed E-state index contributed by atoms with van der Waals surface area (Å²) in [6, 6.07) is 0. The summed E-state index contributed by atoms with van der Waals surface area (Å²) in [4.78, 5) is 13.2. The van der Waals surface area contributed by atoms with Gasteiger partial charge in [-0.25, -0.2) is 4.79 Å². The summed E-state index contributed by atoms with van der Waals surface area (Å²) < 4.78 is 4.96. The van der Waals surface area contributed by atoms with Crippen LogP contribution in [0.3, 0.4) is 0 Å². The molecule has 0 rings (SSSR count). The van der Waals surface area contributed by atoms with Gasteiger partial charge in [0, 0.05) is 13.1 Å². The molecular formula is C10H19NO2. The van der Waals surface area contributed by atoms with Crippen molar-refractivity contribution in [3.05, 3.63) is 12.3 Å². The Bertz CT molecular complexity index is 174. The quantitative estimate of drug-likeness (QED) is 0.467. The Kier molecular flexibility index (Phi) is 6.02. The van der Waals surface area contributed by atoms with Crippen LogP contribution < -0.4 is 0 Å². The Balaban J connectivity index is 4.00. The first kappa shape index (κ1) is 12.0. The summed E-state index contributed by atoms with van der Waals surface area (Å²) in [6.45, 7) is 11.7. The first-order valence-electron chi connectivity index (χ1n) is 4.78. The van der Waals surface area contributed by atoms with Crippen molar-refractivity contribution < 1.29 is 9.53 Å². The lowest BCUT2D eigenvalue weighted by atomic mass is 10.4. The Morgan fingerprint density at radius 2 is 1.85 bits per heavy atom. The molecule has 0 aromatic heterocycles. The molecule has 0 aliphatic carbocycles. The molecule has 0 heterocycles. The van der Waals surface area contributed by atoms with Crippen molar-refractivity contribution in [1.82, 2.24) is 4.90 Å². The number of hydrogen-bond acceptors (Lipinski definition) is 3. The number of esters is 1. The normalized spacial score (nSPS) is 9.46. The molecule has 13 heavy (non-hydrogen) atoms. The van der Waals surface area contributed by atoms with E-state index in [-0.39, 0.29) is 5.97 Å². The third kappa shape index (κ3) is 3.97. The monoisotopic (exact) mass is 185 g/mol. The van der Waals surface area contributed by atoms with E-state index in [1.807, 2.05) is 25.7 Å². The van der Waals surface area contributed by atoms with Gasteiger partial charge in [0.1, 0.15) is 5.70 Å². The largest absolute Gasteiger partial charge is 0.461 e. The van der Waals surface area contributed by atoms with Gasteiger partial charge < -0.3 is 9.64 Å². The van der Waals surface area contributed by atoms with Crippen LogP contribution in [-0.4, -0.2) is 30.6 Å². The van der Waals surface area contributed by atoms with Crippen molar-refractivity contribution in [2.75, 3.05) is 19.7 Å². The van der Waals surface area contributed by atoms with Crippen LogP contribution in [-0.2, 0) is 9.53 Å². The molecule has 0 spiro atoms. The lowest BCUT2D eigenvalue weighted by molar-refractivity contribution is -0.140. The van der Waals surface area contributed by atoms with Crippen LogP contribution in [0.5, 0.6) is 0 Å². The van der Waals surface area contributed by atoms with Crippen molar-refractivity contribution in [3.8, 4) is 0 Å². The Labute approximate surface area is 80.4 Å². The fraction of sp³-hybridized carbons (Fsp3) is 0.700. The molecule has 0 saturated carbocycles. The Morgan fingerprint density at radius 1 is 1.31 bits per heavy atom. The van der Waals surface area contributed by atoms with Gasteiger partial charge in [-0.3, -0.25) is 0 Å². The standard InChI is InChI=1S/C10H19NO2/c1-5-8-13-10(12)9(4)11(6-2)7-3/h4-8H2,1-3H3. The second kappa shape index (κ2) is 6.52. The van der Waals surface area contributed by atoms with E-state index in [9.17, 15) is 4.79 Å². The van der Waals surface area contributed by atoms with Crippen LogP contribution in [0, 0.1) is 0 Å². The first-order chi connectivity index (χ1) is 6.17. The van der Waals surface area contributed by atoms with Crippen molar-refractivity contribution in [3.63, 3.8) is 0 Å². The highest BCUT2D eigenvalue weighted by Gasteiger charge is 2.12. The second-order valence-electron chi connectivity index (χ2n) is 2.75.